The molecule has 0 spiro atoms. The van der Waals surface area contributed by atoms with Gasteiger partial charge in [0.05, 0.1) is 6.42 Å². The van der Waals surface area contributed by atoms with E-state index in [1.54, 1.807) is 4.90 Å². The Kier molecular flexibility index (Phi) is 3.19. The van der Waals surface area contributed by atoms with Crippen LogP contribution in [-0.2, 0) is 11.2 Å². The summed E-state index contributed by atoms with van der Waals surface area (Å²) < 4.78 is 0. The number of hydrogen-bond donors (Lipinski definition) is 1. The highest BCUT2D eigenvalue weighted by Crippen LogP contribution is 2.31. The molecule has 1 saturated heterocycles. The van der Waals surface area contributed by atoms with E-state index in [0.29, 0.717) is 12.5 Å². The third-order valence-corrected chi connectivity index (χ3v) is 4.24. The number of anilines is 2. The molecule has 1 atom stereocenters. The van der Waals surface area contributed by atoms with Crippen LogP contribution in [-0.4, -0.2) is 39.1 Å². The zero-order valence-electron chi connectivity index (χ0n) is 11.6. The van der Waals surface area contributed by atoms with Crippen LogP contribution in [0.3, 0.4) is 0 Å². The maximum atomic E-state index is 11.7. The van der Waals surface area contributed by atoms with Gasteiger partial charge in [0.25, 0.3) is 0 Å². The number of carbonyl (C=O) groups is 1. The number of carbonyl (C=O) groups excluding carboxylic acids is 1. The number of nitrogens with one attached hydrogen (secondary N) is 1. The summed E-state index contributed by atoms with van der Waals surface area (Å²) >= 11 is 0. The van der Waals surface area contributed by atoms with E-state index < -0.39 is 0 Å². The average molecular weight is 259 g/mol. The molecule has 1 unspecified atom stereocenters. The lowest BCUT2D eigenvalue weighted by Gasteiger charge is -2.24. The maximum Gasteiger partial charge on any atom is 0.231 e. The Hall–Kier alpha value is -1.55. The van der Waals surface area contributed by atoms with Gasteiger partial charge in [-0.3, -0.25) is 4.79 Å². The Morgan fingerprint density at radius 2 is 2.32 bits per heavy atom. The Balaban J connectivity index is 1.75. The van der Waals surface area contributed by atoms with E-state index in [4.69, 9.17) is 0 Å². The van der Waals surface area contributed by atoms with Gasteiger partial charge in [-0.25, -0.2) is 0 Å². The topological polar surface area (TPSA) is 35.6 Å². The first kappa shape index (κ1) is 12.5. The van der Waals surface area contributed by atoms with Gasteiger partial charge < -0.3 is 15.1 Å². The number of fused-ring (bicyclic) bond motifs is 1. The van der Waals surface area contributed by atoms with Crippen molar-refractivity contribution in [2.75, 3.05) is 37.0 Å². The largest absolute Gasteiger partial charge is 0.373 e. The number of benzene rings is 1. The van der Waals surface area contributed by atoms with Gasteiger partial charge in [0.1, 0.15) is 0 Å². The molecule has 2 aliphatic heterocycles. The van der Waals surface area contributed by atoms with Crippen LogP contribution in [0.15, 0.2) is 18.2 Å². The summed E-state index contributed by atoms with van der Waals surface area (Å²) in [4.78, 5) is 15.7. The molecule has 4 nitrogen and oxygen atoms in total. The van der Waals surface area contributed by atoms with Crippen LogP contribution in [0.1, 0.15) is 18.4 Å². The second-order valence-electron chi connectivity index (χ2n) is 5.62. The van der Waals surface area contributed by atoms with Crippen molar-refractivity contribution in [3.63, 3.8) is 0 Å². The molecule has 0 aliphatic carbocycles. The lowest BCUT2D eigenvalue weighted by Crippen LogP contribution is -2.35. The molecule has 0 bridgehead atoms. The highest BCUT2D eigenvalue weighted by Gasteiger charge is 2.24. The molecule has 1 amide bonds. The van der Waals surface area contributed by atoms with Gasteiger partial charge in [0.15, 0.2) is 0 Å². The average Bonchev–Trinajstić information content (AvgIpc) is 2.99. The molecule has 102 valence electrons. The number of rotatable bonds is 3. The van der Waals surface area contributed by atoms with Crippen LogP contribution in [0.25, 0.3) is 0 Å². The van der Waals surface area contributed by atoms with E-state index in [1.807, 2.05) is 7.05 Å². The van der Waals surface area contributed by atoms with Crippen molar-refractivity contribution in [1.82, 2.24) is 5.32 Å². The number of amides is 1. The second-order valence-corrected chi connectivity index (χ2v) is 5.62. The van der Waals surface area contributed by atoms with Gasteiger partial charge in [0.2, 0.25) is 5.91 Å². The number of nitrogens with zero attached hydrogens (tertiary/aromatic N) is 2. The fourth-order valence-corrected chi connectivity index (χ4v) is 3.04. The first-order valence-electron chi connectivity index (χ1n) is 6.99. The minimum Gasteiger partial charge on any atom is -0.373 e. The monoisotopic (exact) mass is 259 g/mol. The molecule has 19 heavy (non-hydrogen) atoms. The van der Waals surface area contributed by atoms with E-state index in [-0.39, 0.29) is 5.91 Å². The molecule has 1 aromatic rings. The summed E-state index contributed by atoms with van der Waals surface area (Å²) in [6.45, 7) is 2.17. The predicted molar refractivity (Wildman–Crippen MR) is 77.9 cm³/mol. The van der Waals surface area contributed by atoms with Crippen LogP contribution >= 0.6 is 0 Å². The molecule has 1 fully saturated rings. The first-order valence-corrected chi connectivity index (χ1v) is 6.99. The molecule has 4 heteroatoms. The quantitative estimate of drug-likeness (QED) is 0.891. The Labute approximate surface area is 114 Å². The highest BCUT2D eigenvalue weighted by atomic mass is 16.2. The van der Waals surface area contributed by atoms with Gasteiger partial charge in [-0.05, 0) is 43.1 Å². The Morgan fingerprint density at radius 3 is 3.05 bits per heavy atom. The van der Waals surface area contributed by atoms with Gasteiger partial charge in [-0.15, -0.1) is 0 Å². The lowest BCUT2D eigenvalue weighted by atomic mass is 10.1. The van der Waals surface area contributed by atoms with Crippen LogP contribution in [0, 0.1) is 0 Å². The summed E-state index contributed by atoms with van der Waals surface area (Å²) in [5, 5.41) is 3.52. The smallest absolute Gasteiger partial charge is 0.231 e. The fraction of sp³-hybridized carbons (Fsp3) is 0.533. The van der Waals surface area contributed by atoms with E-state index in [2.05, 4.69) is 35.5 Å². The van der Waals surface area contributed by atoms with Crippen LogP contribution in [0.4, 0.5) is 11.4 Å². The van der Waals surface area contributed by atoms with Crippen LogP contribution < -0.4 is 15.1 Å². The van der Waals surface area contributed by atoms with E-state index in [9.17, 15) is 4.79 Å². The van der Waals surface area contributed by atoms with Crippen molar-refractivity contribution in [2.45, 2.75) is 25.3 Å². The fourth-order valence-electron chi connectivity index (χ4n) is 3.04. The third kappa shape index (κ3) is 2.32. The molecule has 2 heterocycles. The Bertz CT molecular complexity index is 494. The number of hydrogen-bond acceptors (Lipinski definition) is 3. The summed E-state index contributed by atoms with van der Waals surface area (Å²) in [7, 11) is 3.97. The standard InChI is InChI=1S/C15H21N3O/c1-17(10-12-4-3-7-16-12)13-5-6-14-11(8-13)9-15(19)18(14)2/h5-6,8,12,16H,3-4,7,9-10H2,1-2H3. The number of likely N-dealkylation sites (N-methyl/N-ethyl adjacent to an activating group) is 2. The minimum atomic E-state index is 0.187. The normalized spacial score (nSPS) is 21.9. The molecular weight excluding hydrogens is 238 g/mol. The summed E-state index contributed by atoms with van der Waals surface area (Å²) in [6.07, 6.45) is 3.08. The third-order valence-electron chi connectivity index (χ3n) is 4.24. The molecule has 3 rings (SSSR count). The maximum absolute atomic E-state index is 11.7. The predicted octanol–water partition coefficient (Wildman–Crippen LogP) is 1.39. The SMILES string of the molecule is CN(CC1CCCN1)c1ccc2c(c1)CC(=O)N2C. The van der Waals surface area contributed by atoms with Gasteiger partial charge >= 0.3 is 0 Å². The van der Waals surface area contributed by atoms with Crippen molar-refractivity contribution in [2.24, 2.45) is 0 Å². The van der Waals surface area contributed by atoms with Crippen LogP contribution in [0.5, 0.6) is 0 Å². The van der Waals surface area contributed by atoms with E-state index in [1.165, 1.54) is 18.5 Å². The lowest BCUT2D eigenvalue weighted by molar-refractivity contribution is -0.117. The molecule has 2 aliphatic rings. The summed E-state index contributed by atoms with van der Waals surface area (Å²) in [6, 6.07) is 6.94. The first-order chi connectivity index (χ1) is 9.15. The summed E-state index contributed by atoms with van der Waals surface area (Å²) in [5.74, 6) is 0.187. The summed E-state index contributed by atoms with van der Waals surface area (Å²) in [5.41, 5.74) is 3.41. The van der Waals surface area contributed by atoms with E-state index in [0.717, 1.165) is 24.3 Å². The second kappa shape index (κ2) is 4.85. The van der Waals surface area contributed by atoms with Crippen molar-refractivity contribution < 1.29 is 4.79 Å². The van der Waals surface area contributed by atoms with Crippen LogP contribution in [0.2, 0.25) is 0 Å². The van der Waals surface area contributed by atoms with Crippen molar-refractivity contribution in [3.05, 3.63) is 23.8 Å². The van der Waals surface area contributed by atoms with Gasteiger partial charge in [-0.2, -0.15) is 0 Å². The Morgan fingerprint density at radius 1 is 1.47 bits per heavy atom. The minimum absolute atomic E-state index is 0.187. The molecule has 1 N–H and O–H groups in total. The van der Waals surface area contributed by atoms with E-state index >= 15 is 0 Å². The van der Waals surface area contributed by atoms with Crippen molar-refractivity contribution in [1.29, 1.82) is 0 Å². The van der Waals surface area contributed by atoms with Crippen molar-refractivity contribution in [3.8, 4) is 0 Å². The highest BCUT2D eigenvalue weighted by molar-refractivity contribution is 6.01. The molecule has 1 aromatic carbocycles. The molecule has 0 aromatic heterocycles. The molecule has 0 saturated carbocycles. The zero-order chi connectivity index (χ0) is 13.4. The molecular formula is C15H21N3O. The van der Waals surface area contributed by atoms with Gasteiger partial charge in [-0.1, -0.05) is 0 Å². The molecule has 0 radical (unpaired) electrons. The zero-order valence-corrected chi connectivity index (χ0v) is 11.6. The van der Waals surface area contributed by atoms with Gasteiger partial charge in [0, 0.05) is 38.1 Å². The van der Waals surface area contributed by atoms with Crippen molar-refractivity contribution >= 4 is 17.3 Å².